The van der Waals surface area contributed by atoms with Gasteiger partial charge < -0.3 is 15.0 Å². The predicted octanol–water partition coefficient (Wildman–Crippen LogP) is 0.0894. The number of rotatable bonds is 5. The van der Waals surface area contributed by atoms with Crippen molar-refractivity contribution in [3.05, 3.63) is 11.3 Å². The van der Waals surface area contributed by atoms with Crippen LogP contribution in [-0.4, -0.2) is 62.6 Å². The number of hydrogen-bond donors (Lipinski definition) is 1. The molecule has 0 saturated carbocycles. The van der Waals surface area contributed by atoms with Gasteiger partial charge in [-0.3, -0.25) is 4.68 Å². The number of sulfone groups is 1. The quantitative estimate of drug-likeness (QED) is 0.817. The molecule has 23 heavy (non-hydrogen) atoms. The van der Waals surface area contributed by atoms with Crippen LogP contribution in [0, 0.1) is 12.8 Å². The van der Waals surface area contributed by atoms with Crippen molar-refractivity contribution in [1.82, 2.24) is 15.1 Å². The molecule has 1 aromatic heterocycles. The molecule has 0 aliphatic carbocycles. The number of nitrogens with zero attached hydrogens (tertiary/aromatic N) is 3. The van der Waals surface area contributed by atoms with E-state index in [-0.39, 0.29) is 5.92 Å². The zero-order valence-electron chi connectivity index (χ0n) is 13.9. The molecule has 0 amide bonds. The van der Waals surface area contributed by atoms with E-state index in [1.807, 2.05) is 18.7 Å². The zero-order chi connectivity index (χ0) is 16.4. The van der Waals surface area contributed by atoms with Crippen LogP contribution in [0.2, 0.25) is 0 Å². The van der Waals surface area contributed by atoms with Crippen LogP contribution in [0.1, 0.15) is 17.7 Å². The molecular weight excluding hydrogens is 316 g/mol. The molecule has 1 atom stereocenters. The number of nitrogens with one attached hydrogen (secondary N) is 1. The van der Waals surface area contributed by atoms with E-state index in [9.17, 15) is 8.42 Å². The maximum absolute atomic E-state index is 11.5. The third-order valence-corrected chi connectivity index (χ3v) is 6.52. The van der Waals surface area contributed by atoms with Gasteiger partial charge in [-0.05, 0) is 25.8 Å². The van der Waals surface area contributed by atoms with Crippen molar-refractivity contribution in [1.29, 1.82) is 0 Å². The summed E-state index contributed by atoms with van der Waals surface area (Å²) < 4.78 is 30.4. The average molecular weight is 342 g/mol. The molecule has 1 N–H and O–H groups in total. The van der Waals surface area contributed by atoms with E-state index < -0.39 is 9.84 Å². The highest BCUT2D eigenvalue weighted by Crippen LogP contribution is 2.24. The number of anilines is 1. The standard InChI is InChI=1S/C15H26N4O3S/c1-12-14(10-16-9-13-3-8-23(20,21)11-13)15(18(2)17-12)19-4-6-22-7-5-19/h13,16H,3-11H2,1-2H3. The molecule has 2 aliphatic heterocycles. The Balaban J connectivity index is 1.63. The van der Waals surface area contributed by atoms with E-state index in [4.69, 9.17) is 4.74 Å². The lowest BCUT2D eigenvalue weighted by Crippen LogP contribution is -2.38. The first-order valence-corrected chi connectivity index (χ1v) is 10.0. The van der Waals surface area contributed by atoms with Gasteiger partial charge in [0.25, 0.3) is 0 Å². The molecule has 1 unspecified atom stereocenters. The van der Waals surface area contributed by atoms with Gasteiger partial charge in [0.1, 0.15) is 5.82 Å². The second kappa shape index (κ2) is 6.78. The molecule has 3 heterocycles. The van der Waals surface area contributed by atoms with Gasteiger partial charge in [-0.2, -0.15) is 5.10 Å². The van der Waals surface area contributed by atoms with Gasteiger partial charge in [0.15, 0.2) is 9.84 Å². The Labute approximate surface area is 137 Å². The Morgan fingerprint density at radius 3 is 2.74 bits per heavy atom. The van der Waals surface area contributed by atoms with Crippen LogP contribution in [0.25, 0.3) is 0 Å². The summed E-state index contributed by atoms with van der Waals surface area (Å²) in [4.78, 5) is 2.32. The summed E-state index contributed by atoms with van der Waals surface area (Å²) in [7, 11) is -0.821. The minimum atomic E-state index is -2.80. The van der Waals surface area contributed by atoms with E-state index in [0.717, 1.165) is 57.3 Å². The van der Waals surface area contributed by atoms with Gasteiger partial charge in [0.05, 0.1) is 30.4 Å². The monoisotopic (exact) mass is 342 g/mol. The zero-order valence-corrected chi connectivity index (χ0v) is 14.7. The Morgan fingerprint density at radius 1 is 1.35 bits per heavy atom. The maximum atomic E-state index is 11.5. The average Bonchev–Trinajstić information content (AvgIpc) is 2.99. The Kier molecular flexibility index (Phi) is 4.93. The molecule has 2 aliphatic rings. The largest absolute Gasteiger partial charge is 0.378 e. The Morgan fingerprint density at radius 2 is 2.09 bits per heavy atom. The lowest BCUT2D eigenvalue weighted by molar-refractivity contribution is 0.122. The smallest absolute Gasteiger partial charge is 0.150 e. The Hall–Kier alpha value is -1.12. The van der Waals surface area contributed by atoms with E-state index in [1.165, 1.54) is 5.56 Å². The molecule has 7 nitrogen and oxygen atoms in total. The fourth-order valence-corrected chi connectivity index (χ4v) is 5.36. The molecule has 3 rings (SSSR count). The normalized spacial score (nSPS) is 24.3. The molecular formula is C15H26N4O3S. The topological polar surface area (TPSA) is 76.5 Å². The van der Waals surface area contributed by atoms with Gasteiger partial charge >= 0.3 is 0 Å². The molecule has 1 aromatic rings. The predicted molar refractivity (Wildman–Crippen MR) is 89.4 cm³/mol. The first-order chi connectivity index (χ1) is 11.0. The van der Waals surface area contributed by atoms with Crippen LogP contribution in [-0.2, 0) is 28.2 Å². The molecule has 130 valence electrons. The van der Waals surface area contributed by atoms with E-state index >= 15 is 0 Å². The minimum Gasteiger partial charge on any atom is -0.378 e. The second-order valence-electron chi connectivity index (χ2n) is 6.51. The minimum absolute atomic E-state index is 0.240. The van der Waals surface area contributed by atoms with Crippen molar-refractivity contribution in [2.45, 2.75) is 19.9 Å². The number of aryl methyl sites for hydroxylation is 2. The van der Waals surface area contributed by atoms with Crippen LogP contribution >= 0.6 is 0 Å². The molecule has 0 radical (unpaired) electrons. The van der Waals surface area contributed by atoms with E-state index in [2.05, 4.69) is 15.3 Å². The van der Waals surface area contributed by atoms with Gasteiger partial charge in [-0.1, -0.05) is 0 Å². The van der Waals surface area contributed by atoms with Gasteiger partial charge in [0.2, 0.25) is 0 Å². The van der Waals surface area contributed by atoms with Crippen molar-refractivity contribution in [2.24, 2.45) is 13.0 Å². The third-order valence-electron chi connectivity index (χ3n) is 4.69. The van der Waals surface area contributed by atoms with Crippen molar-refractivity contribution < 1.29 is 13.2 Å². The highest BCUT2D eigenvalue weighted by atomic mass is 32.2. The van der Waals surface area contributed by atoms with E-state index in [0.29, 0.717) is 11.5 Å². The molecule has 2 fully saturated rings. The summed E-state index contributed by atoms with van der Waals surface area (Å²) in [6.07, 6.45) is 0.775. The van der Waals surface area contributed by atoms with Gasteiger partial charge in [-0.15, -0.1) is 0 Å². The van der Waals surface area contributed by atoms with Crippen molar-refractivity contribution in [3.8, 4) is 0 Å². The molecule has 0 aromatic carbocycles. The number of morpholine rings is 1. The van der Waals surface area contributed by atoms with Crippen LogP contribution in [0.4, 0.5) is 5.82 Å². The van der Waals surface area contributed by atoms with Gasteiger partial charge in [-0.25, -0.2) is 8.42 Å². The summed E-state index contributed by atoms with van der Waals surface area (Å²) >= 11 is 0. The van der Waals surface area contributed by atoms with Crippen LogP contribution in [0.15, 0.2) is 0 Å². The number of aromatic nitrogens is 2. The van der Waals surface area contributed by atoms with Crippen molar-refractivity contribution in [3.63, 3.8) is 0 Å². The highest BCUT2D eigenvalue weighted by molar-refractivity contribution is 7.91. The first-order valence-electron chi connectivity index (χ1n) is 8.22. The summed E-state index contributed by atoms with van der Waals surface area (Å²) in [5, 5.41) is 8.00. The van der Waals surface area contributed by atoms with Crippen LogP contribution in [0.5, 0.6) is 0 Å². The third kappa shape index (κ3) is 3.87. The van der Waals surface area contributed by atoms with Crippen LogP contribution in [0.3, 0.4) is 0 Å². The lowest BCUT2D eigenvalue weighted by atomic mass is 10.1. The summed E-state index contributed by atoms with van der Waals surface area (Å²) in [6.45, 7) is 6.76. The second-order valence-corrected chi connectivity index (χ2v) is 8.74. The fourth-order valence-electron chi connectivity index (χ4n) is 3.50. The van der Waals surface area contributed by atoms with Crippen molar-refractivity contribution in [2.75, 3.05) is 49.3 Å². The lowest BCUT2D eigenvalue weighted by Gasteiger charge is -2.29. The molecule has 0 spiro atoms. The highest BCUT2D eigenvalue weighted by Gasteiger charge is 2.28. The summed E-state index contributed by atoms with van der Waals surface area (Å²) in [5.74, 6) is 2.05. The molecule has 8 heteroatoms. The van der Waals surface area contributed by atoms with Crippen molar-refractivity contribution >= 4 is 15.7 Å². The summed E-state index contributed by atoms with van der Waals surface area (Å²) in [5.41, 5.74) is 2.23. The van der Waals surface area contributed by atoms with Crippen LogP contribution < -0.4 is 10.2 Å². The molecule has 2 saturated heterocycles. The fraction of sp³-hybridized carbons (Fsp3) is 0.800. The summed E-state index contributed by atoms with van der Waals surface area (Å²) in [6, 6.07) is 0. The first kappa shape index (κ1) is 16.7. The van der Waals surface area contributed by atoms with E-state index in [1.54, 1.807) is 0 Å². The number of hydrogen-bond acceptors (Lipinski definition) is 6. The maximum Gasteiger partial charge on any atom is 0.150 e. The Bertz CT molecular complexity index is 650. The molecule has 0 bridgehead atoms. The number of ether oxygens (including phenoxy) is 1. The van der Waals surface area contributed by atoms with Gasteiger partial charge in [0, 0.05) is 32.2 Å². The SMILES string of the molecule is Cc1nn(C)c(N2CCOCC2)c1CNCC1CCS(=O)(=O)C1.